The van der Waals surface area contributed by atoms with Crippen LogP contribution in [0.1, 0.15) is 9.88 Å². The molecule has 0 bridgehead atoms. The van der Waals surface area contributed by atoms with Gasteiger partial charge in [-0.25, -0.2) is 4.98 Å². The van der Waals surface area contributed by atoms with Crippen LogP contribution in [0.3, 0.4) is 0 Å². The third kappa shape index (κ3) is 3.94. The number of nitrogens with zero attached hydrogens (tertiary/aromatic N) is 2. The molecule has 1 N–H and O–H groups in total. The predicted molar refractivity (Wildman–Crippen MR) is 77.0 cm³/mol. The highest BCUT2D eigenvalue weighted by Gasteiger charge is 2.12. The molecule has 1 aromatic carbocycles. The first-order valence-corrected chi connectivity index (χ1v) is 6.87. The highest BCUT2D eigenvalue weighted by atomic mass is 35.5. The normalized spacial score (nSPS) is 10.4. The first-order chi connectivity index (χ1) is 9.04. The van der Waals surface area contributed by atoms with Crippen molar-refractivity contribution >= 4 is 34.6 Å². The van der Waals surface area contributed by atoms with E-state index in [2.05, 4.69) is 4.98 Å². The van der Waals surface area contributed by atoms with Crippen LogP contribution in [0, 0.1) is 6.92 Å². The van der Waals surface area contributed by atoms with Gasteiger partial charge in [0.25, 0.3) is 0 Å². The summed E-state index contributed by atoms with van der Waals surface area (Å²) in [5, 5.41) is 10.6. The molecule has 0 unspecified atom stereocenters. The number of aliphatic carboxylic acids is 1. The molecule has 1 aromatic heterocycles. The van der Waals surface area contributed by atoms with E-state index >= 15 is 0 Å². The molecule has 0 radical (unpaired) electrons. The molecule has 0 aliphatic carbocycles. The van der Waals surface area contributed by atoms with Gasteiger partial charge >= 0.3 is 5.97 Å². The van der Waals surface area contributed by atoms with Crippen molar-refractivity contribution < 1.29 is 9.90 Å². The Morgan fingerprint density at radius 2 is 2.11 bits per heavy atom. The number of anilines is 1. The van der Waals surface area contributed by atoms with Gasteiger partial charge in [0.1, 0.15) is 6.54 Å². The molecule has 0 amide bonds. The number of carboxylic acids is 1. The van der Waals surface area contributed by atoms with Crippen LogP contribution in [0.4, 0.5) is 5.69 Å². The number of carboxylic acid groups (broad SMARTS) is 1. The average molecular weight is 297 g/mol. The number of hydrogen-bond acceptors (Lipinski definition) is 4. The molecule has 0 saturated carbocycles. The fraction of sp³-hybridized carbons (Fsp3) is 0.231. The molecule has 0 fully saturated rings. The van der Waals surface area contributed by atoms with Gasteiger partial charge in [0.15, 0.2) is 0 Å². The van der Waals surface area contributed by atoms with E-state index in [1.807, 2.05) is 19.1 Å². The Labute approximate surface area is 120 Å². The molecule has 19 heavy (non-hydrogen) atoms. The van der Waals surface area contributed by atoms with Crippen LogP contribution in [0.2, 0.25) is 5.02 Å². The fourth-order valence-corrected chi connectivity index (χ4v) is 2.66. The molecule has 2 aromatic rings. The van der Waals surface area contributed by atoms with Crippen LogP contribution < -0.4 is 4.90 Å². The number of halogens is 1. The van der Waals surface area contributed by atoms with Gasteiger partial charge in [0.2, 0.25) is 0 Å². The van der Waals surface area contributed by atoms with Crippen LogP contribution >= 0.6 is 22.9 Å². The summed E-state index contributed by atoms with van der Waals surface area (Å²) < 4.78 is 0. The molecule has 0 aliphatic rings. The third-order valence-electron chi connectivity index (χ3n) is 2.53. The monoisotopic (exact) mass is 296 g/mol. The summed E-state index contributed by atoms with van der Waals surface area (Å²) in [6.45, 7) is 2.40. The fourth-order valence-electron chi connectivity index (χ4n) is 1.72. The van der Waals surface area contributed by atoms with E-state index in [1.54, 1.807) is 34.6 Å². The first kappa shape index (κ1) is 13.8. The van der Waals surface area contributed by atoms with Crippen LogP contribution in [0.15, 0.2) is 30.5 Å². The van der Waals surface area contributed by atoms with Crippen molar-refractivity contribution in [3.63, 3.8) is 0 Å². The van der Waals surface area contributed by atoms with Gasteiger partial charge in [-0.2, -0.15) is 0 Å². The number of carbonyl (C=O) groups is 1. The van der Waals surface area contributed by atoms with Gasteiger partial charge in [-0.05, 0) is 31.2 Å². The number of aromatic nitrogens is 1. The van der Waals surface area contributed by atoms with Gasteiger partial charge in [-0.3, -0.25) is 4.79 Å². The predicted octanol–water partition coefficient (Wildman–Crippen LogP) is 3.20. The second-order valence-electron chi connectivity index (χ2n) is 4.07. The SMILES string of the molecule is Cc1ncc(CN(CC(=O)O)c2ccc(Cl)cc2)s1. The summed E-state index contributed by atoms with van der Waals surface area (Å²) in [5.74, 6) is -0.865. The molecule has 4 nitrogen and oxygen atoms in total. The Morgan fingerprint density at radius 1 is 1.42 bits per heavy atom. The number of aryl methyl sites for hydroxylation is 1. The molecular formula is C13H13ClN2O2S. The minimum absolute atomic E-state index is 0.0570. The molecule has 2 rings (SSSR count). The van der Waals surface area contributed by atoms with Gasteiger partial charge < -0.3 is 10.0 Å². The maximum atomic E-state index is 11.0. The van der Waals surface area contributed by atoms with Crippen LogP contribution in [-0.2, 0) is 11.3 Å². The number of rotatable bonds is 5. The summed E-state index contributed by atoms with van der Waals surface area (Å²) >= 11 is 7.41. The van der Waals surface area contributed by atoms with Crippen molar-refractivity contribution in [1.29, 1.82) is 0 Å². The molecule has 100 valence electrons. The Hall–Kier alpha value is -1.59. The number of benzene rings is 1. The van der Waals surface area contributed by atoms with E-state index in [9.17, 15) is 4.79 Å². The van der Waals surface area contributed by atoms with Gasteiger partial charge in [0, 0.05) is 21.8 Å². The zero-order valence-electron chi connectivity index (χ0n) is 10.3. The maximum absolute atomic E-state index is 11.0. The van der Waals surface area contributed by atoms with Gasteiger partial charge in [-0.1, -0.05) is 11.6 Å². The van der Waals surface area contributed by atoms with E-state index in [0.717, 1.165) is 15.6 Å². The third-order valence-corrected chi connectivity index (χ3v) is 3.68. The van der Waals surface area contributed by atoms with Gasteiger partial charge in [0.05, 0.1) is 11.6 Å². The quantitative estimate of drug-likeness (QED) is 0.920. The average Bonchev–Trinajstić information content (AvgIpc) is 2.74. The van der Waals surface area contributed by atoms with Crippen molar-refractivity contribution in [1.82, 2.24) is 4.98 Å². The minimum atomic E-state index is -0.865. The summed E-state index contributed by atoms with van der Waals surface area (Å²) in [6.07, 6.45) is 1.78. The smallest absolute Gasteiger partial charge is 0.323 e. The maximum Gasteiger partial charge on any atom is 0.323 e. The molecule has 6 heteroatoms. The summed E-state index contributed by atoms with van der Waals surface area (Å²) in [5.41, 5.74) is 0.831. The van der Waals surface area contributed by atoms with E-state index in [1.165, 1.54) is 0 Å². The number of thiazole rings is 1. The Morgan fingerprint density at radius 3 is 2.63 bits per heavy atom. The lowest BCUT2D eigenvalue weighted by atomic mass is 10.2. The minimum Gasteiger partial charge on any atom is -0.480 e. The molecule has 0 atom stereocenters. The van der Waals surface area contributed by atoms with Crippen LogP contribution in [0.5, 0.6) is 0 Å². The van der Waals surface area contributed by atoms with Crippen molar-refractivity contribution in [2.45, 2.75) is 13.5 Å². The van der Waals surface area contributed by atoms with Crippen molar-refractivity contribution in [3.8, 4) is 0 Å². The molecule has 1 heterocycles. The van der Waals surface area contributed by atoms with E-state index in [-0.39, 0.29) is 6.54 Å². The molecule has 0 saturated heterocycles. The number of hydrogen-bond donors (Lipinski definition) is 1. The lowest BCUT2D eigenvalue weighted by Gasteiger charge is -2.22. The topological polar surface area (TPSA) is 53.4 Å². The van der Waals surface area contributed by atoms with E-state index in [4.69, 9.17) is 16.7 Å². The summed E-state index contributed by atoms with van der Waals surface area (Å²) in [6, 6.07) is 7.14. The molecular weight excluding hydrogens is 284 g/mol. The highest BCUT2D eigenvalue weighted by Crippen LogP contribution is 2.22. The second kappa shape index (κ2) is 6.04. The Balaban J connectivity index is 2.20. The van der Waals surface area contributed by atoms with Crippen LogP contribution in [-0.4, -0.2) is 22.6 Å². The lowest BCUT2D eigenvalue weighted by Crippen LogP contribution is -2.28. The standard InChI is InChI=1S/C13H13ClN2O2S/c1-9-15-6-12(19-9)7-16(8-13(17)18)11-4-2-10(14)3-5-11/h2-6H,7-8H2,1H3,(H,17,18). The highest BCUT2D eigenvalue weighted by molar-refractivity contribution is 7.11. The van der Waals surface area contributed by atoms with Crippen molar-refractivity contribution in [2.24, 2.45) is 0 Å². The largest absolute Gasteiger partial charge is 0.480 e. The summed E-state index contributed by atoms with van der Waals surface area (Å²) in [7, 11) is 0. The molecule has 0 spiro atoms. The van der Waals surface area contributed by atoms with E-state index < -0.39 is 5.97 Å². The van der Waals surface area contributed by atoms with Crippen LogP contribution in [0.25, 0.3) is 0 Å². The Kier molecular flexibility index (Phi) is 4.39. The van der Waals surface area contributed by atoms with Gasteiger partial charge in [-0.15, -0.1) is 11.3 Å². The zero-order chi connectivity index (χ0) is 13.8. The summed E-state index contributed by atoms with van der Waals surface area (Å²) in [4.78, 5) is 18.0. The first-order valence-electron chi connectivity index (χ1n) is 5.68. The Bertz CT molecular complexity index is 568. The zero-order valence-corrected chi connectivity index (χ0v) is 11.9. The van der Waals surface area contributed by atoms with E-state index in [0.29, 0.717) is 11.6 Å². The lowest BCUT2D eigenvalue weighted by molar-refractivity contribution is -0.135. The van der Waals surface area contributed by atoms with Crippen molar-refractivity contribution in [3.05, 3.63) is 45.4 Å². The second-order valence-corrected chi connectivity index (χ2v) is 5.83. The molecule has 0 aliphatic heterocycles. The van der Waals surface area contributed by atoms with Crippen molar-refractivity contribution in [2.75, 3.05) is 11.4 Å².